The van der Waals surface area contributed by atoms with Crippen molar-refractivity contribution in [2.75, 3.05) is 7.11 Å². The Kier molecular flexibility index (Phi) is 3.40. The predicted octanol–water partition coefficient (Wildman–Crippen LogP) is 2.49. The highest BCUT2D eigenvalue weighted by molar-refractivity contribution is 8.18. The van der Waals surface area contributed by atoms with Gasteiger partial charge in [0.15, 0.2) is 5.17 Å². The van der Waals surface area contributed by atoms with Gasteiger partial charge in [-0.25, -0.2) is 0 Å². The van der Waals surface area contributed by atoms with E-state index >= 15 is 0 Å². The Balaban J connectivity index is 2.41. The Morgan fingerprint density at radius 2 is 2.29 bits per heavy atom. The second-order valence-corrected chi connectivity index (χ2v) is 4.77. The average Bonchev–Trinajstić information content (AvgIpc) is 2.58. The minimum absolute atomic E-state index is 0.127. The number of hydrogen-bond donors (Lipinski definition) is 2. The molecule has 0 atom stereocenters. The molecule has 1 aliphatic rings. The van der Waals surface area contributed by atoms with Crippen LogP contribution in [-0.2, 0) is 4.79 Å². The average molecular weight is 269 g/mol. The molecule has 1 aromatic carbocycles. The summed E-state index contributed by atoms with van der Waals surface area (Å²) < 4.78 is 5.17. The van der Waals surface area contributed by atoms with Crippen LogP contribution in [0.5, 0.6) is 5.75 Å². The first-order valence-electron chi connectivity index (χ1n) is 4.73. The van der Waals surface area contributed by atoms with Crippen LogP contribution in [-0.4, -0.2) is 18.2 Å². The first kappa shape index (κ1) is 12.0. The summed E-state index contributed by atoms with van der Waals surface area (Å²) in [5.74, 6) is 0.357. The molecular weight excluding hydrogens is 260 g/mol. The van der Waals surface area contributed by atoms with Gasteiger partial charge in [0, 0.05) is 10.6 Å². The summed E-state index contributed by atoms with van der Waals surface area (Å²) in [5.41, 5.74) is 0.715. The highest BCUT2D eigenvalue weighted by Gasteiger charge is 2.22. The summed E-state index contributed by atoms with van der Waals surface area (Å²) in [7, 11) is 1.55. The molecule has 1 heterocycles. The summed E-state index contributed by atoms with van der Waals surface area (Å²) in [4.78, 5) is 11.9. The standard InChI is InChI=1S/C11H9ClN2O2S/c1-16-8-3-2-7(12)4-6(8)5-9-10(15)14-11(13)17-9/h2-5H,1H3,(H2,13,14,15)/b9-5-. The molecule has 0 spiro atoms. The van der Waals surface area contributed by atoms with Crippen molar-refractivity contribution >= 4 is 40.5 Å². The summed E-state index contributed by atoms with van der Waals surface area (Å²) in [5, 5.41) is 10.4. The van der Waals surface area contributed by atoms with Gasteiger partial charge < -0.3 is 10.1 Å². The number of nitrogens with one attached hydrogen (secondary N) is 2. The lowest BCUT2D eigenvalue weighted by Crippen LogP contribution is -2.18. The van der Waals surface area contributed by atoms with Gasteiger partial charge in [-0.3, -0.25) is 10.2 Å². The number of methoxy groups -OCH3 is 1. The third kappa shape index (κ3) is 2.62. The van der Waals surface area contributed by atoms with E-state index in [-0.39, 0.29) is 11.1 Å². The fraction of sp³-hybridized carbons (Fsp3) is 0.0909. The molecule has 1 fully saturated rings. The topological polar surface area (TPSA) is 62.2 Å². The van der Waals surface area contributed by atoms with E-state index in [0.717, 1.165) is 11.8 Å². The molecule has 0 saturated carbocycles. The van der Waals surface area contributed by atoms with Crippen molar-refractivity contribution in [2.24, 2.45) is 0 Å². The Bertz CT molecular complexity index is 528. The summed E-state index contributed by atoms with van der Waals surface area (Å²) in [6.45, 7) is 0. The van der Waals surface area contributed by atoms with Gasteiger partial charge in [0.1, 0.15) is 5.75 Å². The van der Waals surface area contributed by atoms with E-state index < -0.39 is 0 Å². The van der Waals surface area contributed by atoms with Crippen molar-refractivity contribution in [1.29, 1.82) is 5.41 Å². The van der Waals surface area contributed by atoms with Crippen LogP contribution in [0.1, 0.15) is 5.56 Å². The van der Waals surface area contributed by atoms with Crippen LogP contribution in [0.4, 0.5) is 0 Å². The number of thioether (sulfide) groups is 1. The minimum Gasteiger partial charge on any atom is -0.496 e. The fourth-order valence-corrected chi connectivity index (χ4v) is 2.27. The van der Waals surface area contributed by atoms with E-state index in [1.165, 1.54) is 0 Å². The molecule has 1 aromatic rings. The highest BCUT2D eigenvalue weighted by atomic mass is 35.5. The number of hydrogen-bond acceptors (Lipinski definition) is 4. The van der Waals surface area contributed by atoms with Crippen molar-refractivity contribution in [2.45, 2.75) is 0 Å². The Morgan fingerprint density at radius 1 is 1.53 bits per heavy atom. The quantitative estimate of drug-likeness (QED) is 0.810. The van der Waals surface area contributed by atoms with Crippen LogP contribution in [0.2, 0.25) is 5.02 Å². The van der Waals surface area contributed by atoms with Crippen LogP contribution in [0, 0.1) is 5.41 Å². The fourth-order valence-electron chi connectivity index (χ4n) is 1.40. The first-order chi connectivity index (χ1) is 8.10. The molecule has 0 aromatic heterocycles. The number of carbonyl (C=O) groups is 1. The molecule has 0 aliphatic carbocycles. The molecule has 0 unspecified atom stereocenters. The maximum atomic E-state index is 11.5. The van der Waals surface area contributed by atoms with E-state index in [1.807, 2.05) is 0 Å². The minimum atomic E-state index is -0.276. The number of rotatable bonds is 2. The molecule has 1 saturated heterocycles. The number of benzene rings is 1. The Morgan fingerprint density at radius 3 is 2.88 bits per heavy atom. The monoisotopic (exact) mass is 268 g/mol. The smallest absolute Gasteiger partial charge is 0.264 e. The summed E-state index contributed by atoms with van der Waals surface area (Å²) >= 11 is 6.97. The molecule has 0 radical (unpaired) electrons. The lowest BCUT2D eigenvalue weighted by molar-refractivity contribution is -0.115. The van der Waals surface area contributed by atoms with Crippen molar-refractivity contribution in [3.63, 3.8) is 0 Å². The van der Waals surface area contributed by atoms with Crippen molar-refractivity contribution < 1.29 is 9.53 Å². The van der Waals surface area contributed by atoms with E-state index in [0.29, 0.717) is 21.2 Å². The number of amidine groups is 1. The molecule has 1 amide bonds. The largest absolute Gasteiger partial charge is 0.496 e. The van der Waals surface area contributed by atoms with Crippen LogP contribution < -0.4 is 10.1 Å². The predicted molar refractivity (Wildman–Crippen MR) is 69.4 cm³/mol. The summed E-state index contributed by atoms with van der Waals surface area (Å²) in [6, 6.07) is 5.16. The molecular formula is C11H9ClN2O2S. The van der Waals surface area contributed by atoms with Gasteiger partial charge in [0.2, 0.25) is 0 Å². The highest BCUT2D eigenvalue weighted by Crippen LogP contribution is 2.30. The molecule has 17 heavy (non-hydrogen) atoms. The second kappa shape index (κ2) is 4.81. The summed E-state index contributed by atoms with van der Waals surface area (Å²) in [6.07, 6.45) is 1.66. The number of ether oxygens (including phenoxy) is 1. The Hall–Kier alpha value is -1.46. The maximum Gasteiger partial charge on any atom is 0.264 e. The van der Waals surface area contributed by atoms with Crippen LogP contribution in [0.25, 0.3) is 6.08 Å². The molecule has 2 N–H and O–H groups in total. The molecule has 2 rings (SSSR count). The van der Waals surface area contributed by atoms with Crippen LogP contribution in [0.3, 0.4) is 0 Å². The molecule has 4 nitrogen and oxygen atoms in total. The first-order valence-corrected chi connectivity index (χ1v) is 5.92. The molecule has 1 aliphatic heterocycles. The van der Waals surface area contributed by atoms with E-state index in [4.69, 9.17) is 21.7 Å². The molecule has 0 bridgehead atoms. The van der Waals surface area contributed by atoms with E-state index in [9.17, 15) is 4.79 Å². The third-order valence-corrected chi connectivity index (χ3v) is 3.21. The zero-order valence-electron chi connectivity index (χ0n) is 8.91. The van der Waals surface area contributed by atoms with Gasteiger partial charge in [-0.1, -0.05) is 11.6 Å². The normalized spacial score (nSPS) is 17.4. The second-order valence-electron chi connectivity index (χ2n) is 3.28. The lowest BCUT2D eigenvalue weighted by atomic mass is 10.2. The Labute approximate surface area is 107 Å². The van der Waals surface area contributed by atoms with Crippen LogP contribution in [0.15, 0.2) is 23.1 Å². The zero-order valence-corrected chi connectivity index (χ0v) is 10.5. The lowest BCUT2D eigenvalue weighted by Gasteiger charge is -2.05. The number of amides is 1. The van der Waals surface area contributed by atoms with Gasteiger partial charge in [-0.05, 0) is 36.0 Å². The molecule has 6 heteroatoms. The van der Waals surface area contributed by atoms with Crippen molar-refractivity contribution in [3.8, 4) is 5.75 Å². The van der Waals surface area contributed by atoms with Crippen molar-refractivity contribution in [3.05, 3.63) is 33.7 Å². The number of halogens is 1. The third-order valence-electron chi connectivity index (χ3n) is 2.14. The van der Waals surface area contributed by atoms with E-state index in [2.05, 4.69) is 5.32 Å². The maximum absolute atomic E-state index is 11.5. The van der Waals surface area contributed by atoms with Gasteiger partial charge in [-0.2, -0.15) is 0 Å². The molecule has 88 valence electrons. The van der Waals surface area contributed by atoms with Crippen molar-refractivity contribution in [1.82, 2.24) is 5.32 Å². The van der Waals surface area contributed by atoms with E-state index in [1.54, 1.807) is 31.4 Å². The van der Waals surface area contributed by atoms with Gasteiger partial charge in [0.25, 0.3) is 5.91 Å². The zero-order chi connectivity index (χ0) is 12.4. The van der Waals surface area contributed by atoms with Gasteiger partial charge in [0.05, 0.1) is 12.0 Å². The van der Waals surface area contributed by atoms with Gasteiger partial charge in [-0.15, -0.1) is 0 Å². The SMILES string of the molecule is COc1ccc(Cl)cc1/C=C1\SC(=N)NC1=O. The van der Waals surface area contributed by atoms with Gasteiger partial charge >= 0.3 is 0 Å². The number of carbonyl (C=O) groups excluding carboxylic acids is 1. The van der Waals surface area contributed by atoms with Crippen LogP contribution >= 0.6 is 23.4 Å².